The topological polar surface area (TPSA) is 60.0 Å². The normalized spacial score (nSPS) is 10.9. The molecule has 6 heteroatoms. The van der Waals surface area contributed by atoms with Crippen molar-refractivity contribution in [2.24, 2.45) is 0 Å². The molecule has 4 aromatic rings. The van der Waals surface area contributed by atoms with Crippen LogP contribution < -0.4 is 9.47 Å². The van der Waals surface area contributed by atoms with Crippen molar-refractivity contribution in [2.45, 2.75) is 0 Å². The van der Waals surface area contributed by atoms with E-state index < -0.39 is 0 Å². The third-order valence-corrected chi connectivity index (χ3v) is 4.19. The molecule has 0 radical (unpaired) electrons. The summed E-state index contributed by atoms with van der Waals surface area (Å²) >= 11 is 0. The molecule has 1 N–H and O–H groups in total. The summed E-state index contributed by atoms with van der Waals surface area (Å²) < 4.78 is 23.8. The number of aromatic amines is 1. The third kappa shape index (κ3) is 2.86. The molecule has 0 bridgehead atoms. The summed E-state index contributed by atoms with van der Waals surface area (Å²) in [7, 11) is 3.22. The molecule has 2 aromatic carbocycles. The number of rotatable bonds is 4. The van der Waals surface area contributed by atoms with Crippen molar-refractivity contribution in [1.29, 1.82) is 0 Å². The number of methoxy groups -OCH3 is 2. The van der Waals surface area contributed by atoms with E-state index in [0.717, 1.165) is 27.9 Å². The number of fused-ring (bicyclic) bond motifs is 1. The molecule has 0 saturated carbocycles. The summed E-state index contributed by atoms with van der Waals surface area (Å²) in [5, 5.41) is 8.16. The van der Waals surface area contributed by atoms with Crippen LogP contribution in [-0.4, -0.2) is 29.4 Å². The van der Waals surface area contributed by atoms with Gasteiger partial charge in [0, 0.05) is 22.6 Å². The highest BCUT2D eigenvalue weighted by molar-refractivity contribution is 5.92. The van der Waals surface area contributed by atoms with Gasteiger partial charge in [-0.05, 0) is 48.5 Å². The lowest BCUT2D eigenvalue weighted by Gasteiger charge is -2.08. The molecule has 0 unspecified atom stereocenters. The average molecular weight is 349 g/mol. The van der Waals surface area contributed by atoms with Crippen LogP contribution in [0.5, 0.6) is 11.5 Å². The fourth-order valence-electron chi connectivity index (χ4n) is 2.85. The van der Waals surface area contributed by atoms with Gasteiger partial charge in [0.05, 0.1) is 19.9 Å². The van der Waals surface area contributed by atoms with Gasteiger partial charge < -0.3 is 9.47 Å². The number of hydrogen-bond acceptors (Lipinski definition) is 4. The smallest absolute Gasteiger partial charge is 0.156 e. The SMILES string of the molecule is COc1cc(OC)cc(-c2ccc3c(-c4ccc(F)cc4)n[nH]c3n2)c1. The van der Waals surface area contributed by atoms with E-state index in [1.807, 2.05) is 30.3 Å². The molecule has 0 atom stereocenters. The largest absolute Gasteiger partial charge is 0.497 e. The van der Waals surface area contributed by atoms with Crippen LogP contribution in [-0.2, 0) is 0 Å². The van der Waals surface area contributed by atoms with E-state index in [2.05, 4.69) is 15.2 Å². The number of nitrogens with one attached hydrogen (secondary N) is 1. The molecule has 0 saturated heterocycles. The van der Waals surface area contributed by atoms with E-state index >= 15 is 0 Å². The van der Waals surface area contributed by atoms with Gasteiger partial charge >= 0.3 is 0 Å². The maximum Gasteiger partial charge on any atom is 0.156 e. The fraction of sp³-hybridized carbons (Fsp3) is 0.100. The summed E-state index contributed by atoms with van der Waals surface area (Å²) in [6.07, 6.45) is 0. The van der Waals surface area contributed by atoms with Crippen LogP contribution in [0.15, 0.2) is 54.6 Å². The molecule has 5 nitrogen and oxygen atoms in total. The van der Waals surface area contributed by atoms with Crippen molar-refractivity contribution in [3.63, 3.8) is 0 Å². The molecule has 0 amide bonds. The van der Waals surface area contributed by atoms with Crippen LogP contribution in [0.1, 0.15) is 0 Å². The van der Waals surface area contributed by atoms with Crippen molar-refractivity contribution < 1.29 is 13.9 Å². The van der Waals surface area contributed by atoms with Crippen LogP contribution in [0.2, 0.25) is 0 Å². The first-order chi connectivity index (χ1) is 12.7. The number of pyridine rings is 1. The zero-order valence-corrected chi connectivity index (χ0v) is 14.3. The number of nitrogens with zero attached hydrogens (tertiary/aromatic N) is 2. The second-order valence-electron chi connectivity index (χ2n) is 5.77. The van der Waals surface area contributed by atoms with Crippen LogP contribution >= 0.6 is 0 Å². The van der Waals surface area contributed by atoms with Crippen molar-refractivity contribution in [1.82, 2.24) is 15.2 Å². The lowest BCUT2D eigenvalue weighted by Crippen LogP contribution is -1.90. The van der Waals surface area contributed by atoms with Crippen molar-refractivity contribution in [3.05, 3.63) is 60.4 Å². The molecule has 0 aliphatic heterocycles. The summed E-state index contributed by atoms with van der Waals surface area (Å²) in [4.78, 5) is 4.66. The molecule has 0 aliphatic carbocycles. The Hall–Kier alpha value is -3.41. The number of halogens is 1. The molecule has 2 heterocycles. The molecule has 2 aromatic heterocycles. The summed E-state index contributed by atoms with van der Waals surface area (Å²) in [5.74, 6) is 1.11. The fourth-order valence-corrected chi connectivity index (χ4v) is 2.85. The van der Waals surface area contributed by atoms with Crippen LogP contribution in [0, 0.1) is 5.82 Å². The first-order valence-corrected chi connectivity index (χ1v) is 8.02. The Morgan fingerprint density at radius 2 is 1.54 bits per heavy atom. The van der Waals surface area contributed by atoms with Gasteiger partial charge in [0.25, 0.3) is 0 Å². The Bertz CT molecular complexity index is 1050. The minimum atomic E-state index is -0.277. The van der Waals surface area contributed by atoms with Gasteiger partial charge in [-0.15, -0.1) is 0 Å². The van der Waals surface area contributed by atoms with E-state index in [0.29, 0.717) is 17.1 Å². The Labute approximate surface area is 149 Å². The molecule has 130 valence electrons. The third-order valence-electron chi connectivity index (χ3n) is 4.19. The predicted molar refractivity (Wildman–Crippen MR) is 97.8 cm³/mol. The molecule has 4 rings (SSSR count). The maximum absolute atomic E-state index is 13.1. The van der Waals surface area contributed by atoms with Gasteiger partial charge in [-0.25, -0.2) is 9.37 Å². The minimum absolute atomic E-state index is 0.277. The van der Waals surface area contributed by atoms with Gasteiger partial charge in [-0.1, -0.05) is 0 Å². The van der Waals surface area contributed by atoms with Crippen LogP contribution in [0.25, 0.3) is 33.5 Å². The summed E-state index contributed by atoms with van der Waals surface area (Å²) in [6, 6.07) is 15.7. The highest BCUT2D eigenvalue weighted by Gasteiger charge is 2.12. The van der Waals surface area contributed by atoms with Crippen molar-refractivity contribution >= 4 is 11.0 Å². The highest BCUT2D eigenvalue weighted by Crippen LogP contribution is 2.31. The Morgan fingerprint density at radius 3 is 2.19 bits per heavy atom. The number of ether oxygens (including phenoxy) is 2. The molecule has 26 heavy (non-hydrogen) atoms. The Kier molecular flexibility index (Phi) is 4.01. The Balaban J connectivity index is 1.79. The van der Waals surface area contributed by atoms with Crippen molar-refractivity contribution in [3.8, 4) is 34.0 Å². The molecule has 0 fully saturated rings. The van der Waals surface area contributed by atoms with Crippen LogP contribution in [0.4, 0.5) is 4.39 Å². The molecule has 0 aliphatic rings. The van der Waals surface area contributed by atoms with E-state index in [1.165, 1.54) is 12.1 Å². The Morgan fingerprint density at radius 1 is 0.846 bits per heavy atom. The van der Waals surface area contributed by atoms with Gasteiger partial charge in [0.1, 0.15) is 23.0 Å². The zero-order valence-electron chi connectivity index (χ0n) is 14.3. The van der Waals surface area contributed by atoms with Gasteiger partial charge in [-0.2, -0.15) is 5.10 Å². The lowest BCUT2D eigenvalue weighted by molar-refractivity contribution is 0.394. The van der Waals surface area contributed by atoms with Gasteiger partial charge in [0.2, 0.25) is 0 Å². The standard InChI is InChI=1S/C20H16FN3O2/c1-25-15-9-13(10-16(11-15)26-2)18-8-7-17-19(23-24-20(17)22-18)12-3-5-14(21)6-4-12/h3-11H,1-2H3,(H,22,23,24). The first kappa shape index (κ1) is 16.1. The van der Waals surface area contributed by atoms with E-state index in [-0.39, 0.29) is 5.82 Å². The second-order valence-corrected chi connectivity index (χ2v) is 5.77. The number of benzene rings is 2. The quantitative estimate of drug-likeness (QED) is 0.591. The average Bonchev–Trinajstić information content (AvgIpc) is 3.11. The molecule has 0 spiro atoms. The predicted octanol–water partition coefficient (Wildman–Crippen LogP) is 4.45. The summed E-state index contributed by atoms with van der Waals surface area (Å²) in [6.45, 7) is 0. The second kappa shape index (κ2) is 6.48. The number of aromatic nitrogens is 3. The van der Waals surface area contributed by atoms with Gasteiger partial charge in [-0.3, -0.25) is 5.10 Å². The van der Waals surface area contributed by atoms with Gasteiger partial charge in [0.15, 0.2) is 5.65 Å². The monoisotopic (exact) mass is 349 g/mol. The van der Waals surface area contributed by atoms with E-state index in [4.69, 9.17) is 9.47 Å². The van der Waals surface area contributed by atoms with E-state index in [1.54, 1.807) is 26.4 Å². The minimum Gasteiger partial charge on any atom is -0.497 e. The van der Waals surface area contributed by atoms with Crippen LogP contribution in [0.3, 0.4) is 0 Å². The number of hydrogen-bond donors (Lipinski definition) is 1. The zero-order chi connectivity index (χ0) is 18.1. The molecular weight excluding hydrogens is 333 g/mol. The first-order valence-electron chi connectivity index (χ1n) is 8.02. The molecular formula is C20H16FN3O2. The summed E-state index contributed by atoms with van der Waals surface area (Å²) in [5.41, 5.74) is 3.87. The lowest BCUT2D eigenvalue weighted by atomic mass is 10.1. The maximum atomic E-state index is 13.1. The number of H-pyrrole nitrogens is 1. The van der Waals surface area contributed by atoms with Crippen molar-refractivity contribution in [2.75, 3.05) is 14.2 Å². The van der Waals surface area contributed by atoms with E-state index in [9.17, 15) is 4.39 Å². The highest BCUT2D eigenvalue weighted by atomic mass is 19.1.